The van der Waals surface area contributed by atoms with Gasteiger partial charge in [-0.2, -0.15) is 13.2 Å². The lowest BCUT2D eigenvalue weighted by Gasteiger charge is -2.21. The maximum atomic E-state index is 12.0. The van der Waals surface area contributed by atoms with Gasteiger partial charge < -0.3 is 3.11 Å². The van der Waals surface area contributed by atoms with Crippen LogP contribution in [0.3, 0.4) is 0 Å². The van der Waals surface area contributed by atoms with E-state index in [9.17, 15) is 13.2 Å². The zero-order valence-corrected chi connectivity index (χ0v) is 7.43. The first-order chi connectivity index (χ1) is 5.02. The number of hydrogen-bond acceptors (Lipinski definition) is 2. The van der Waals surface area contributed by atoms with Gasteiger partial charge in [0.25, 0.3) is 0 Å². The maximum absolute atomic E-state index is 12.0. The van der Waals surface area contributed by atoms with Crippen LogP contribution in [0.5, 0.6) is 0 Å². The molecule has 2 nitrogen and oxygen atoms in total. The SMILES string of the molecule is FC(F)(F)C1=CN=CCN1I. The molecule has 1 rings (SSSR count). The molecule has 1 heterocycles. The number of hydrogen-bond donors (Lipinski definition) is 0. The minimum Gasteiger partial charge on any atom is -0.304 e. The van der Waals surface area contributed by atoms with Crippen LogP contribution >= 0.6 is 22.9 Å². The maximum Gasteiger partial charge on any atom is 0.433 e. The normalized spacial score (nSPS) is 18.5. The van der Waals surface area contributed by atoms with E-state index < -0.39 is 11.9 Å². The predicted octanol–water partition coefficient (Wildman–Crippen LogP) is 2.13. The molecule has 62 valence electrons. The third kappa shape index (κ3) is 2.08. The third-order valence-electron chi connectivity index (χ3n) is 1.10. The standard InChI is InChI=1S/C5H4F3IN2/c6-5(7,8)4-3-10-1-2-11(4)9/h1,3H,2H2. The number of halogens is 4. The van der Waals surface area contributed by atoms with Crippen molar-refractivity contribution >= 4 is 29.1 Å². The largest absolute Gasteiger partial charge is 0.433 e. The van der Waals surface area contributed by atoms with Gasteiger partial charge in [0.2, 0.25) is 0 Å². The van der Waals surface area contributed by atoms with E-state index in [1.165, 1.54) is 6.21 Å². The lowest BCUT2D eigenvalue weighted by atomic mass is 10.4. The highest BCUT2D eigenvalue weighted by molar-refractivity contribution is 14.1. The summed E-state index contributed by atoms with van der Waals surface area (Å²) in [5, 5.41) is 0. The number of rotatable bonds is 0. The molecule has 0 spiro atoms. The molecule has 0 aromatic rings. The highest BCUT2D eigenvalue weighted by Gasteiger charge is 2.37. The first kappa shape index (κ1) is 8.82. The van der Waals surface area contributed by atoms with Crippen molar-refractivity contribution in [2.75, 3.05) is 6.54 Å². The Labute approximate surface area is 75.3 Å². The van der Waals surface area contributed by atoms with Crippen molar-refractivity contribution in [3.05, 3.63) is 11.9 Å². The van der Waals surface area contributed by atoms with E-state index >= 15 is 0 Å². The van der Waals surface area contributed by atoms with Gasteiger partial charge in [-0.15, -0.1) is 0 Å². The van der Waals surface area contributed by atoms with Crippen LogP contribution in [0.4, 0.5) is 13.2 Å². The summed E-state index contributed by atoms with van der Waals surface area (Å²) in [5.41, 5.74) is -0.708. The topological polar surface area (TPSA) is 15.6 Å². The molecule has 0 aromatic heterocycles. The van der Waals surface area contributed by atoms with E-state index in [4.69, 9.17) is 0 Å². The van der Waals surface area contributed by atoms with Gasteiger partial charge in [-0.3, -0.25) is 4.99 Å². The first-order valence-corrected chi connectivity index (χ1v) is 3.70. The average Bonchev–Trinajstić information content (AvgIpc) is 1.86. The molecule has 0 aliphatic carbocycles. The monoisotopic (exact) mass is 276 g/mol. The van der Waals surface area contributed by atoms with Gasteiger partial charge in [0.15, 0.2) is 0 Å². The Morgan fingerprint density at radius 2 is 2.18 bits per heavy atom. The molecule has 0 N–H and O–H groups in total. The van der Waals surface area contributed by atoms with Crippen molar-refractivity contribution < 1.29 is 13.2 Å². The van der Waals surface area contributed by atoms with Gasteiger partial charge in [-0.1, -0.05) is 0 Å². The van der Waals surface area contributed by atoms with E-state index in [-0.39, 0.29) is 6.54 Å². The fraction of sp³-hybridized carbons (Fsp3) is 0.400. The molecule has 0 bridgehead atoms. The summed E-state index contributed by atoms with van der Waals surface area (Å²) in [4.78, 5) is 3.42. The Kier molecular flexibility index (Phi) is 2.40. The summed E-state index contributed by atoms with van der Waals surface area (Å²) in [7, 11) is 0. The van der Waals surface area contributed by atoms with Gasteiger partial charge >= 0.3 is 6.18 Å². The Bertz CT molecular complexity index is 208. The number of allylic oxidation sites excluding steroid dienone is 1. The molecule has 1 aliphatic heterocycles. The molecule has 6 heteroatoms. The molecule has 0 saturated carbocycles. The van der Waals surface area contributed by atoms with E-state index in [1.54, 1.807) is 22.9 Å². The van der Waals surface area contributed by atoms with Crippen molar-refractivity contribution in [3.8, 4) is 0 Å². The van der Waals surface area contributed by atoms with E-state index in [0.29, 0.717) is 0 Å². The average molecular weight is 276 g/mol. The van der Waals surface area contributed by atoms with Gasteiger partial charge in [0.1, 0.15) is 5.70 Å². The lowest BCUT2D eigenvalue weighted by Crippen LogP contribution is -2.27. The second kappa shape index (κ2) is 3.00. The molecule has 11 heavy (non-hydrogen) atoms. The molecule has 0 radical (unpaired) electrons. The van der Waals surface area contributed by atoms with Crippen molar-refractivity contribution in [2.24, 2.45) is 4.99 Å². The van der Waals surface area contributed by atoms with Crippen molar-refractivity contribution in [2.45, 2.75) is 6.18 Å². The Hall–Kier alpha value is -0.270. The predicted molar refractivity (Wildman–Crippen MR) is 43.4 cm³/mol. The van der Waals surface area contributed by atoms with E-state index in [0.717, 1.165) is 9.31 Å². The van der Waals surface area contributed by atoms with Gasteiger partial charge in [-0.05, 0) is 0 Å². The Balaban J connectivity index is 2.84. The van der Waals surface area contributed by atoms with Crippen LogP contribution in [0.15, 0.2) is 16.9 Å². The molecular formula is C5H4F3IN2. The molecule has 0 amide bonds. The molecular weight excluding hydrogens is 272 g/mol. The Morgan fingerprint density at radius 3 is 2.55 bits per heavy atom. The van der Waals surface area contributed by atoms with Crippen LogP contribution in [-0.4, -0.2) is 22.0 Å². The summed E-state index contributed by atoms with van der Waals surface area (Å²) < 4.78 is 37.1. The Morgan fingerprint density at radius 1 is 1.55 bits per heavy atom. The molecule has 1 aliphatic rings. The zero-order chi connectivity index (χ0) is 8.48. The summed E-state index contributed by atoms with van der Waals surface area (Å²) in [5.74, 6) is 0. The van der Waals surface area contributed by atoms with E-state index in [1.807, 2.05) is 0 Å². The minimum absolute atomic E-state index is 0.200. The van der Waals surface area contributed by atoms with Crippen LogP contribution in [-0.2, 0) is 0 Å². The zero-order valence-electron chi connectivity index (χ0n) is 5.27. The number of aliphatic imine (C=N–C) groups is 1. The highest BCUT2D eigenvalue weighted by atomic mass is 127. The van der Waals surface area contributed by atoms with Gasteiger partial charge in [0.05, 0.1) is 35.6 Å². The van der Waals surface area contributed by atoms with Gasteiger partial charge in [-0.25, -0.2) is 0 Å². The second-order valence-corrected chi connectivity index (χ2v) is 3.05. The fourth-order valence-corrected chi connectivity index (χ4v) is 1.19. The van der Waals surface area contributed by atoms with E-state index in [2.05, 4.69) is 4.99 Å². The highest BCUT2D eigenvalue weighted by Crippen LogP contribution is 2.31. The lowest BCUT2D eigenvalue weighted by molar-refractivity contribution is -0.102. The molecule has 0 fully saturated rings. The van der Waals surface area contributed by atoms with Gasteiger partial charge in [0, 0.05) is 6.21 Å². The van der Waals surface area contributed by atoms with Crippen molar-refractivity contribution in [1.29, 1.82) is 0 Å². The van der Waals surface area contributed by atoms with Crippen LogP contribution < -0.4 is 0 Å². The quantitative estimate of drug-likeness (QED) is 0.489. The molecule has 0 atom stereocenters. The molecule has 0 saturated heterocycles. The molecule has 0 unspecified atom stereocenters. The fourth-order valence-electron chi connectivity index (χ4n) is 0.614. The summed E-state index contributed by atoms with van der Waals surface area (Å²) in [6.45, 7) is 0.200. The smallest absolute Gasteiger partial charge is 0.304 e. The third-order valence-corrected chi connectivity index (χ3v) is 2.01. The summed E-state index contributed by atoms with van der Waals surface area (Å²) in [6.07, 6.45) is -2.06. The number of nitrogens with zero attached hydrogens (tertiary/aromatic N) is 2. The van der Waals surface area contributed by atoms with Crippen LogP contribution in [0.2, 0.25) is 0 Å². The van der Waals surface area contributed by atoms with Crippen LogP contribution in [0.25, 0.3) is 0 Å². The first-order valence-electron chi connectivity index (χ1n) is 2.74. The summed E-state index contributed by atoms with van der Waals surface area (Å²) in [6, 6.07) is 0. The van der Waals surface area contributed by atoms with Crippen LogP contribution in [0.1, 0.15) is 0 Å². The second-order valence-electron chi connectivity index (χ2n) is 1.89. The molecule has 0 aromatic carbocycles. The van der Waals surface area contributed by atoms with Crippen molar-refractivity contribution in [1.82, 2.24) is 3.11 Å². The summed E-state index contributed by atoms with van der Waals surface area (Å²) >= 11 is 1.60. The minimum atomic E-state index is -4.29. The van der Waals surface area contributed by atoms with Crippen LogP contribution in [0, 0.1) is 0 Å². The van der Waals surface area contributed by atoms with Crippen molar-refractivity contribution in [3.63, 3.8) is 0 Å². The number of alkyl halides is 3.